The zero-order valence-electron chi connectivity index (χ0n) is 10.1. The number of aromatic nitrogens is 1. The van der Waals surface area contributed by atoms with Gasteiger partial charge >= 0.3 is 0 Å². The molecule has 0 radical (unpaired) electrons. The molecular weight excluding hydrogens is 319 g/mol. The molecule has 1 aromatic rings. The number of hydrogen-bond acceptors (Lipinski definition) is 3. The lowest BCUT2D eigenvalue weighted by molar-refractivity contribution is 0.453. The van der Waals surface area contributed by atoms with Crippen molar-refractivity contribution < 1.29 is 4.42 Å². The van der Waals surface area contributed by atoms with E-state index in [0.29, 0.717) is 6.54 Å². The van der Waals surface area contributed by atoms with Crippen molar-refractivity contribution in [3.05, 3.63) is 17.3 Å². The highest BCUT2D eigenvalue weighted by molar-refractivity contribution is 14.0. The Morgan fingerprint density at radius 2 is 2.19 bits per heavy atom. The van der Waals surface area contributed by atoms with Crippen LogP contribution in [0.15, 0.2) is 9.41 Å². The summed E-state index contributed by atoms with van der Waals surface area (Å²) >= 11 is 0. The monoisotopic (exact) mass is 338 g/mol. The number of rotatable bonds is 3. The Bertz CT molecular complexity index is 349. The van der Waals surface area contributed by atoms with E-state index in [0.717, 1.165) is 29.7 Å². The molecule has 16 heavy (non-hydrogen) atoms. The van der Waals surface area contributed by atoms with Gasteiger partial charge in [-0.05, 0) is 6.92 Å². The molecule has 0 aliphatic carbocycles. The number of nitrogens with one attached hydrogen (secondary N) is 2. The lowest BCUT2D eigenvalue weighted by Gasteiger charge is -2.06. The highest BCUT2D eigenvalue weighted by atomic mass is 127. The van der Waals surface area contributed by atoms with Crippen LogP contribution in [-0.2, 0) is 13.0 Å². The van der Waals surface area contributed by atoms with Gasteiger partial charge in [-0.2, -0.15) is 0 Å². The summed E-state index contributed by atoms with van der Waals surface area (Å²) in [5.74, 6) is 2.39. The van der Waals surface area contributed by atoms with Crippen LogP contribution in [0.2, 0.25) is 0 Å². The minimum absolute atomic E-state index is 0. The number of aryl methyl sites for hydroxylation is 2. The van der Waals surface area contributed by atoms with Gasteiger partial charge < -0.3 is 15.1 Å². The van der Waals surface area contributed by atoms with Gasteiger partial charge in [0.25, 0.3) is 0 Å². The molecule has 5 nitrogen and oxygen atoms in total. The third kappa shape index (κ3) is 3.99. The second-order valence-corrected chi connectivity index (χ2v) is 3.15. The van der Waals surface area contributed by atoms with Crippen LogP contribution in [0.4, 0.5) is 0 Å². The van der Waals surface area contributed by atoms with Gasteiger partial charge in [0.15, 0.2) is 11.9 Å². The first kappa shape index (κ1) is 15.2. The van der Waals surface area contributed by atoms with Crippen molar-refractivity contribution in [2.45, 2.75) is 26.8 Å². The van der Waals surface area contributed by atoms with Gasteiger partial charge in [0.05, 0.1) is 12.2 Å². The average Bonchev–Trinajstić information content (AvgIpc) is 2.61. The molecule has 0 unspecified atom stereocenters. The number of hydrogen-bond donors (Lipinski definition) is 2. The molecule has 0 aliphatic heterocycles. The minimum Gasteiger partial charge on any atom is -0.444 e. The zero-order chi connectivity index (χ0) is 11.3. The van der Waals surface area contributed by atoms with Crippen LogP contribution in [0, 0.1) is 6.92 Å². The van der Waals surface area contributed by atoms with E-state index in [1.165, 1.54) is 0 Å². The largest absolute Gasteiger partial charge is 0.444 e. The van der Waals surface area contributed by atoms with Gasteiger partial charge in [-0.25, -0.2) is 4.98 Å². The fourth-order valence-electron chi connectivity index (χ4n) is 1.25. The van der Waals surface area contributed by atoms with E-state index in [1.54, 1.807) is 7.05 Å². The summed E-state index contributed by atoms with van der Waals surface area (Å²) in [7, 11) is 3.55. The Morgan fingerprint density at radius 1 is 1.50 bits per heavy atom. The van der Waals surface area contributed by atoms with Crippen LogP contribution in [0.25, 0.3) is 0 Å². The molecule has 1 rings (SSSR count). The highest BCUT2D eigenvalue weighted by Crippen LogP contribution is 2.09. The molecular formula is C10H19IN4O. The molecule has 0 bridgehead atoms. The third-order valence-corrected chi connectivity index (χ3v) is 2.12. The maximum Gasteiger partial charge on any atom is 0.194 e. The number of aliphatic imine (C=N–C) groups is 1. The van der Waals surface area contributed by atoms with Crippen molar-refractivity contribution in [3.63, 3.8) is 0 Å². The summed E-state index contributed by atoms with van der Waals surface area (Å²) in [5.41, 5.74) is 0.936. The van der Waals surface area contributed by atoms with E-state index in [9.17, 15) is 0 Å². The predicted octanol–water partition coefficient (Wildman–Crippen LogP) is 1.46. The van der Waals surface area contributed by atoms with Crippen molar-refractivity contribution in [2.24, 2.45) is 4.99 Å². The van der Waals surface area contributed by atoms with Gasteiger partial charge in [0.2, 0.25) is 0 Å². The molecule has 92 valence electrons. The zero-order valence-corrected chi connectivity index (χ0v) is 12.5. The summed E-state index contributed by atoms with van der Waals surface area (Å²) < 4.78 is 5.55. The fraction of sp³-hybridized carbons (Fsp3) is 0.600. The Morgan fingerprint density at radius 3 is 2.62 bits per heavy atom. The molecule has 6 heteroatoms. The number of guanidine groups is 1. The Balaban J connectivity index is 0.00000225. The van der Waals surface area contributed by atoms with Gasteiger partial charge in [-0.3, -0.25) is 4.99 Å². The molecule has 2 N–H and O–H groups in total. The topological polar surface area (TPSA) is 62.5 Å². The molecule has 0 aromatic carbocycles. The molecule has 0 amide bonds. The first-order valence-corrected chi connectivity index (χ1v) is 5.04. The maximum absolute atomic E-state index is 5.55. The lowest BCUT2D eigenvalue weighted by atomic mass is 10.4. The van der Waals surface area contributed by atoms with Crippen molar-refractivity contribution in [3.8, 4) is 0 Å². The van der Waals surface area contributed by atoms with Crippen molar-refractivity contribution >= 4 is 29.9 Å². The van der Waals surface area contributed by atoms with Crippen LogP contribution >= 0.6 is 24.0 Å². The Kier molecular flexibility index (Phi) is 7.11. The quantitative estimate of drug-likeness (QED) is 0.498. The van der Waals surface area contributed by atoms with E-state index in [1.807, 2.05) is 20.9 Å². The summed E-state index contributed by atoms with van der Waals surface area (Å²) in [6, 6.07) is 0. The van der Waals surface area contributed by atoms with Gasteiger partial charge in [-0.15, -0.1) is 24.0 Å². The molecule has 0 spiro atoms. The molecule has 0 atom stereocenters. The van der Waals surface area contributed by atoms with Crippen LogP contribution in [0.5, 0.6) is 0 Å². The summed E-state index contributed by atoms with van der Waals surface area (Å²) in [5, 5.41) is 6.06. The van der Waals surface area contributed by atoms with E-state index in [2.05, 4.69) is 20.6 Å². The highest BCUT2D eigenvalue weighted by Gasteiger charge is 2.08. The van der Waals surface area contributed by atoms with Gasteiger partial charge in [0, 0.05) is 20.5 Å². The molecule has 0 saturated heterocycles. The first-order valence-electron chi connectivity index (χ1n) is 5.04. The SMILES string of the molecule is CCc1nc(C)c(CNC(=NC)NC)o1.I. The van der Waals surface area contributed by atoms with Crippen LogP contribution < -0.4 is 10.6 Å². The first-order chi connectivity index (χ1) is 7.21. The Labute approximate surface area is 113 Å². The standard InChI is InChI=1S/C10H18N4O.HI/c1-5-9-14-7(2)8(15-9)6-13-10(11-3)12-4;/h5-6H2,1-4H3,(H2,11,12,13);1H. The van der Waals surface area contributed by atoms with E-state index < -0.39 is 0 Å². The predicted molar refractivity (Wildman–Crippen MR) is 75.3 cm³/mol. The molecule has 1 heterocycles. The summed E-state index contributed by atoms with van der Waals surface area (Å²) in [6.45, 7) is 4.57. The van der Waals surface area contributed by atoms with Crippen molar-refractivity contribution in [2.75, 3.05) is 14.1 Å². The lowest BCUT2D eigenvalue weighted by Crippen LogP contribution is -2.34. The molecule has 0 aliphatic rings. The smallest absolute Gasteiger partial charge is 0.194 e. The molecule has 1 aromatic heterocycles. The second kappa shape index (κ2) is 7.48. The fourth-order valence-corrected chi connectivity index (χ4v) is 1.25. The normalized spacial score (nSPS) is 10.9. The summed E-state index contributed by atoms with van der Waals surface area (Å²) in [6.07, 6.45) is 0.821. The third-order valence-electron chi connectivity index (χ3n) is 2.12. The van der Waals surface area contributed by atoms with Crippen LogP contribution in [-0.4, -0.2) is 25.0 Å². The van der Waals surface area contributed by atoms with E-state index in [-0.39, 0.29) is 24.0 Å². The van der Waals surface area contributed by atoms with Crippen molar-refractivity contribution in [1.82, 2.24) is 15.6 Å². The number of oxazole rings is 1. The van der Waals surface area contributed by atoms with Crippen LogP contribution in [0.1, 0.15) is 24.3 Å². The van der Waals surface area contributed by atoms with Crippen LogP contribution in [0.3, 0.4) is 0 Å². The maximum atomic E-state index is 5.55. The van der Waals surface area contributed by atoms with Gasteiger partial charge in [0.1, 0.15) is 5.76 Å². The van der Waals surface area contributed by atoms with E-state index in [4.69, 9.17) is 4.42 Å². The van der Waals surface area contributed by atoms with E-state index >= 15 is 0 Å². The average molecular weight is 338 g/mol. The molecule has 0 fully saturated rings. The van der Waals surface area contributed by atoms with Gasteiger partial charge in [-0.1, -0.05) is 6.92 Å². The molecule has 0 saturated carbocycles. The van der Waals surface area contributed by atoms with Crippen molar-refractivity contribution in [1.29, 1.82) is 0 Å². The Hall–Kier alpha value is -0.790. The second-order valence-electron chi connectivity index (χ2n) is 3.15. The number of halogens is 1. The minimum atomic E-state index is 0. The number of nitrogens with zero attached hydrogens (tertiary/aromatic N) is 2. The summed E-state index contributed by atoms with van der Waals surface area (Å²) in [4.78, 5) is 8.30.